The maximum Gasteiger partial charge on any atom is 0.336 e. The monoisotopic (exact) mass is 448 g/mol. The molecule has 1 saturated heterocycles. The molecule has 1 fully saturated rings. The number of hydrogen-bond donors (Lipinski definition) is 1. The number of carboxylic acid groups (broad SMARTS) is 1. The summed E-state index contributed by atoms with van der Waals surface area (Å²) in [6.45, 7) is 4.85. The van der Waals surface area contributed by atoms with E-state index in [1.807, 2.05) is 13.8 Å². The van der Waals surface area contributed by atoms with Crippen LogP contribution in [0.25, 0.3) is 17.4 Å². The van der Waals surface area contributed by atoms with Crippen LogP contribution in [0.2, 0.25) is 0 Å². The third-order valence-corrected chi connectivity index (χ3v) is 5.17. The number of amides is 1. The Labute approximate surface area is 170 Å². The number of hydrogen-bond acceptors (Lipinski definition) is 4. The topological polar surface area (TPSA) is 74.0 Å². The van der Waals surface area contributed by atoms with E-state index in [4.69, 9.17) is 16.6 Å². The van der Waals surface area contributed by atoms with E-state index in [1.165, 1.54) is 11.0 Å². The molecule has 0 unspecified atom stereocenters. The number of thiocarbonyl (C=S) groups is 1. The lowest BCUT2D eigenvalue weighted by atomic mass is 10.1. The molecule has 1 amide bonds. The normalized spacial score (nSPS) is 15.9. The van der Waals surface area contributed by atoms with Gasteiger partial charge in [0.2, 0.25) is 0 Å². The van der Waals surface area contributed by atoms with Crippen molar-refractivity contribution in [2.24, 2.45) is 0 Å². The molecule has 1 aromatic heterocycles. The van der Waals surface area contributed by atoms with Gasteiger partial charge in [-0.25, -0.2) is 4.79 Å². The van der Waals surface area contributed by atoms with Crippen molar-refractivity contribution in [3.63, 3.8) is 0 Å². The summed E-state index contributed by atoms with van der Waals surface area (Å²) in [5, 5.41) is 9.91. The van der Waals surface area contributed by atoms with Crippen LogP contribution in [0.5, 0.6) is 0 Å². The van der Waals surface area contributed by atoms with E-state index in [2.05, 4.69) is 15.9 Å². The zero-order valence-corrected chi connectivity index (χ0v) is 17.1. The highest BCUT2D eigenvalue weighted by atomic mass is 79.9. The van der Waals surface area contributed by atoms with E-state index in [0.717, 1.165) is 0 Å². The van der Waals surface area contributed by atoms with Gasteiger partial charge in [0.05, 0.1) is 5.56 Å². The highest BCUT2D eigenvalue weighted by Gasteiger charge is 2.36. The minimum atomic E-state index is -1.05. The highest BCUT2D eigenvalue weighted by Crippen LogP contribution is 2.30. The molecule has 1 N–H and O–H groups in total. The van der Waals surface area contributed by atoms with Gasteiger partial charge in [0.15, 0.2) is 5.11 Å². The number of carbonyl (C=O) groups excluding carboxylic acids is 1. The molecule has 2 aromatic rings. The Morgan fingerprint density at radius 1 is 1.22 bits per heavy atom. The number of carboxylic acids is 1. The SMILES string of the molecule is CCN1C(=O)/C(=C\c2ccc(-c3ccc(Br)cc3C(=O)O)o2)N(CC)C1=S. The van der Waals surface area contributed by atoms with Crippen LogP contribution >= 0.6 is 28.1 Å². The van der Waals surface area contributed by atoms with Gasteiger partial charge in [-0.2, -0.15) is 0 Å². The molecule has 6 nitrogen and oxygen atoms in total. The Balaban J connectivity index is 2.00. The molecule has 0 atom stereocenters. The number of carbonyl (C=O) groups is 2. The molecule has 0 saturated carbocycles. The number of nitrogens with zero attached hydrogens (tertiary/aromatic N) is 2. The van der Waals surface area contributed by atoms with Crippen molar-refractivity contribution in [1.82, 2.24) is 9.80 Å². The van der Waals surface area contributed by atoms with Gasteiger partial charge >= 0.3 is 5.97 Å². The smallest absolute Gasteiger partial charge is 0.336 e. The molecular formula is C19H17BrN2O4S. The summed E-state index contributed by atoms with van der Waals surface area (Å²) in [7, 11) is 0. The van der Waals surface area contributed by atoms with E-state index < -0.39 is 5.97 Å². The molecular weight excluding hydrogens is 432 g/mol. The predicted molar refractivity (Wildman–Crippen MR) is 109 cm³/mol. The standard InChI is InChI=1S/C19H17BrN2O4S/c1-3-21-15(17(23)22(4-2)19(21)27)10-12-6-8-16(26-12)13-7-5-11(20)9-14(13)18(24)25/h5-10H,3-4H2,1-2H3,(H,24,25)/b15-10+. The first kappa shape index (κ1) is 19.3. The number of halogens is 1. The van der Waals surface area contributed by atoms with Crippen molar-refractivity contribution < 1.29 is 19.1 Å². The molecule has 0 aliphatic carbocycles. The molecule has 0 radical (unpaired) electrons. The Morgan fingerprint density at radius 3 is 2.56 bits per heavy atom. The van der Waals surface area contributed by atoms with Crippen molar-refractivity contribution in [1.29, 1.82) is 0 Å². The fraction of sp³-hybridized carbons (Fsp3) is 0.211. The van der Waals surface area contributed by atoms with Crippen molar-refractivity contribution in [2.45, 2.75) is 13.8 Å². The molecule has 1 aliphatic heterocycles. The Morgan fingerprint density at radius 2 is 1.93 bits per heavy atom. The predicted octanol–water partition coefficient (Wildman–Crippen LogP) is 4.22. The van der Waals surface area contributed by atoms with Gasteiger partial charge in [-0.3, -0.25) is 9.69 Å². The van der Waals surface area contributed by atoms with Gasteiger partial charge < -0.3 is 14.4 Å². The number of aromatic carboxylic acids is 1. The zero-order valence-electron chi connectivity index (χ0n) is 14.7. The summed E-state index contributed by atoms with van der Waals surface area (Å²) >= 11 is 8.64. The molecule has 1 aromatic carbocycles. The molecule has 0 bridgehead atoms. The van der Waals surface area contributed by atoms with Crippen LogP contribution in [-0.2, 0) is 4.79 Å². The minimum Gasteiger partial charge on any atom is -0.478 e. The van der Waals surface area contributed by atoms with Crippen molar-refractivity contribution >= 4 is 51.2 Å². The molecule has 1 aliphatic rings. The van der Waals surface area contributed by atoms with Crippen molar-refractivity contribution in [3.8, 4) is 11.3 Å². The summed E-state index contributed by atoms with van der Waals surface area (Å²) in [5.74, 6) is -0.353. The van der Waals surface area contributed by atoms with Crippen LogP contribution < -0.4 is 0 Å². The lowest BCUT2D eigenvalue weighted by Gasteiger charge is -2.16. The second-order valence-corrected chi connectivity index (χ2v) is 7.08. The highest BCUT2D eigenvalue weighted by molar-refractivity contribution is 9.10. The number of furan rings is 1. The van der Waals surface area contributed by atoms with Crippen LogP contribution in [0.1, 0.15) is 30.0 Å². The zero-order chi connectivity index (χ0) is 19.7. The van der Waals surface area contributed by atoms with Crippen LogP contribution in [0, 0.1) is 0 Å². The minimum absolute atomic E-state index is 0.128. The summed E-state index contributed by atoms with van der Waals surface area (Å²) in [6, 6.07) is 8.34. The maximum atomic E-state index is 12.6. The fourth-order valence-electron chi connectivity index (χ4n) is 2.93. The third kappa shape index (κ3) is 3.54. The molecule has 8 heteroatoms. The Kier molecular flexibility index (Phi) is 5.48. The first-order valence-corrected chi connectivity index (χ1v) is 9.55. The van der Waals surface area contributed by atoms with E-state index in [9.17, 15) is 14.7 Å². The average molecular weight is 449 g/mol. The Hall–Kier alpha value is -2.45. The number of benzene rings is 1. The quantitative estimate of drug-likeness (QED) is 0.545. The maximum absolute atomic E-state index is 12.6. The lowest BCUT2D eigenvalue weighted by Crippen LogP contribution is -2.32. The first-order chi connectivity index (χ1) is 12.9. The van der Waals surface area contributed by atoms with Crippen molar-refractivity contribution in [3.05, 3.63) is 51.8 Å². The molecule has 140 valence electrons. The number of rotatable bonds is 5. The van der Waals surface area contributed by atoms with Crippen LogP contribution in [0.3, 0.4) is 0 Å². The second-order valence-electron chi connectivity index (χ2n) is 5.80. The summed E-state index contributed by atoms with van der Waals surface area (Å²) in [4.78, 5) is 27.4. The third-order valence-electron chi connectivity index (χ3n) is 4.23. The fourth-order valence-corrected chi connectivity index (χ4v) is 3.73. The lowest BCUT2D eigenvalue weighted by molar-refractivity contribution is -0.122. The molecule has 27 heavy (non-hydrogen) atoms. The van der Waals surface area contributed by atoms with Crippen LogP contribution in [-0.4, -0.2) is 45.0 Å². The van der Waals surface area contributed by atoms with E-state index >= 15 is 0 Å². The molecule has 2 heterocycles. The van der Waals surface area contributed by atoms with Gasteiger partial charge in [0.25, 0.3) is 5.91 Å². The summed E-state index contributed by atoms with van der Waals surface area (Å²) < 4.78 is 6.48. The molecule has 3 rings (SSSR count). The summed E-state index contributed by atoms with van der Waals surface area (Å²) in [6.07, 6.45) is 1.64. The van der Waals surface area contributed by atoms with E-state index in [1.54, 1.807) is 35.2 Å². The van der Waals surface area contributed by atoms with Crippen LogP contribution in [0.15, 0.2) is 44.9 Å². The van der Waals surface area contributed by atoms with E-state index in [0.29, 0.717) is 45.5 Å². The average Bonchev–Trinajstić information content (AvgIpc) is 3.18. The van der Waals surface area contributed by atoms with Gasteiger partial charge in [-0.15, -0.1) is 0 Å². The Bertz CT molecular complexity index is 966. The van der Waals surface area contributed by atoms with Crippen molar-refractivity contribution in [2.75, 3.05) is 13.1 Å². The molecule has 0 spiro atoms. The summed E-state index contributed by atoms with van der Waals surface area (Å²) in [5.41, 5.74) is 1.04. The second kappa shape index (κ2) is 7.66. The van der Waals surface area contributed by atoms with Crippen LogP contribution in [0.4, 0.5) is 0 Å². The van der Waals surface area contributed by atoms with Gasteiger partial charge in [-0.1, -0.05) is 15.9 Å². The van der Waals surface area contributed by atoms with Gasteiger partial charge in [0.1, 0.15) is 17.2 Å². The van der Waals surface area contributed by atoms with Gasteiger partial charge in [0, 0.05) is 29.2 Å². The number of likely N-dealkylation sites (N-methyl/N-ethyl adjacent to an activating group) is 2. The largest absolute Gasteiger partial charge is 0.478 e. The first-order valence-electron chi connectivity index (χ1n) is 8.35. The van der Waals surface area contributed by atoms with Gasteiger partial charge in [-0.05, 0) is 56.4 Å². The van der Waals surface area contributed by atoms with E-state index in [-0.39, 0.29) is 11.5 Å².